The van der Waals surface area contributed by atoms with Crippen LogP contribution < -0.4 is 9.80 Å². The van der Waals surface area contributed by atoms with Crippen molar-refractivity contribution >= 4 is 62.5 Å². The van der Waals surface area contributed by atoms with Gasteiger partial charge in [0.2, 0.25) is 11.8 Å². The molecule has 0 aliphatic carbocycles. The van der Waals surface area contributed by atoms with E-state index in [1.807, 2.05) is 43.3 Å². The van der Waals surface area contributed by atoms with Crippen LogP contribution in [-0.4, -0.2) is 54.8 Å². The first-order valence-electron chi connectivity index (χ1n) is 9.72. The average Bonchev–Trinajstić information content (AvgIpc) is 3.30. The number of fused-ring (bicyclic) bond motifs is 1. The number of halogens is 1. The summed E-state index contributed by atoms with van der Waals surface area (Å²) in [7, 11) is 3.90. The Labute approximate surface area is 190 Å². The molecule has 0 bridgehead atoms. The maximum Gasteiger partial charge on any atom is 0.260 e. The second-order valence-electron chi connectivity index (χ2n) is 7.40. The van der Waals surface area contributed by atoms with Crippen molar-refractivity contribution in [2.75, 3.05) is 37.0 Å². The molecule has 1 saturated heterocycles. The van der Waals surface area contributed by atoms with E-state index < -0.39 is 0 Å². The highest BCUT2D eigenvalue weighted by Crippen LogP contribution is 2.30. The quantitative estimate of drug-likeness (QED) is 0.528. The third kappa shape index (κ3) is 4.76. The lowest BCUT2D eigenvalue weighted by atomic mass is 10.1. The van der Waals surface area contributed by atoms with Gasteiger partial charge < -0.3 is 4.90 Å². The van der Waals surface area contributed by atoms with E-state index in [1.54, 1.807) is 29.2 Å². The molecule has 0 N–H and O–H groups in total. The van der Waals surface area contributed by atoms with E-state index in [0.717, 1.165) is 10.2 Å². The lowest BCUT2D eigenvalue weighted by Crippen LogP contribution is -2.37. The average molecular weight is 459 g/mol. The number of carbonyl (C=O) groups excluding carboxylic acids is 3. The summed E-state index contributed by atoms with van der Waals surface area (Å²) in [6, 6.07) is 14.5. The first kappa shape index (κ1) is 22.9. The Morgan fingerprint density at radius 2 is 1.74 bits per heavy atom. The minimum absolute atomic E-state index is 0. The summed E-state index contributed by atoms with van der Waals surface area (Å²) in [5.74, 6) is -0.683. The number of carbonyl (C=O) groups is 3. The summed E-state index contributed by atoms with van der Waals surface area (Å²) in [6.07, 6.45) is 0.412. The van der Waals surface area contributed by atoms with Crippen LogP contribution in [0.3, 0.4) is 0 Å². The smallest absolute Gasteiger partial charge is 0.260 e. The SMILES string of the molecule is CN(C)CCN(C(=O)c1cccc(N2C(=O)CCC2=O)c1)c1nc2ccccc2s1.Cl. The van der Waals surface area contributed by atoms with Crippen LogP contribution in [0.2, 0.25) is 0 Å². The van der Waals surface area contributed by atoms with Gasteiger partial charge in [0.25, 0.3) is 5.91 Å². The zero-order chi connectivity index (χ0) is 21.3. The molecule has 0 spiro atoms. The van der Waals surface area contributed by atoms with Gasteiger partial charge in [-0.15, -0.1) is 12.4 Å². The molecule has 0 saturated carbocycles. The van der Waals surface area contributed by atoms with Crippen molar-refractivity contribution in [2.45, 2.75) is 12.8 Å². The molecule has 1 aliphatic heterocycles. The molecule has 1 fully saturated rings. The molecular formula is C22H23ClN4O3S. The number of aromatic nitrogens is 1. The number of nitrogens with zero attached hydrogens (tertiary/aromatic N) is 4. The van der Waals surface area contributed by atoms with Gasteiger partial charge in [0.15, 0.2) is 5.13 Å². The summed E-state index contributed by atoms with van der Waals surface area (Å²) < 4.78 is 1.01. The third-order valence-electron chi connectivity index (χ3n) is 4.93. The molecule has 7 nitrogen and oxygen atoms in total. The lowest BCUT2D eigenvalue weighted by Gasteiger charge is -2.22. The Kier molecular flexibility index (Phi) is 7.04. The van der Waals surface area contributed by atoms with Crippen LogP contribution in [0.25, 0.3) is 10.2 Å². The molecule has 31 heavy (non-hydrogen) atoms. The standard InChI is InChI=1S/C22H22N4O3S.ClH/c1-24(2)12-13-25(22-23-17-8-3-4-9-18(17)30-22)21(29)15-6-5-7-16(14-15)26-19(27)10-11-20(26)28;/h3-9,14H,10-13H2,1-2H3;1H. The predicted molar refractivity (Wildman–Crippen MR) is 125 cm³/mol. The van der Waals surface area contributed by atoms with Crippen LogP contribution in [0.15, 0.2) is 48.5 Å². The Morgan fingerprint density at radius 1 is 1.03 bits per heavy atom. The largest absolute Gasteiger partial charge is 0.308 e. The van der Waals surface area contributed by atoms with Gasteiger partial charge in [-0.2, -0.15) is 0 Å². The second kappa shape index (κ2) is 9.55. The molecule has 0 atom stereocenters. The van der Waals surface area contributed by atoms with E-state index in [-0.39, 0.29) is 43.0 Å². The fourth-order valence-corrected chi connectivity index (χ4v) is 4.35. The molecular weight excluding hydrogens is 436 g/mol. The Bertz CT molecular complexity index is 1080. The molecule has 9 heteroatoms. The number of para-hydroxylation sites is 1. The van der Waals surface area contributed by atoms with Crippen molar-refractivity contribution in [1.29, 1.82) is 0 Å². The number of rotatable bonds is 6. The molecule has 3 aromatic rings. The van der Waals surface area contributed by atoms with Crippen LogP contribution in [-0.2, 0) is 9.59 Å². The van der Waals surface area contributed by atoms with Crippen molar-refractivity contribution < 1.29 is 14.4 Å². The molecule has 4 rings (SSSR count). The predicted octanol–water partition coefficient (Wildman–Crippen LogP) is 3.58. The van der Waals surface area contributed by atoms with Gasteiger partial charge in [-0.25, -0.2) is 4.98 Å². The van der Waals surface area contributed by atoms with Gasteiger partial charge in [0.1, 0.15) is 0 Å². The second-order valence-corrected chi connectivity index (χ2v) is 8.41. The zero-order valence-corrected chi connectivity index (χ0v) is 18.9. The van der Waals surface area contributed by atoms with Crippen molar-refractivity contribution in [2.24, 2.45) is 0 Å². The van der Waals surface area contributed by atoms with Gasteiger partial charge in [0.05, 0.1) is 15.9 Å². The number of amides is 3. The number of hydrogen-bond acceptors (Lipinski definition) is 6. The number of likely N-dealkylation sites (N-methyl/N-ethyl adjacent to an activating group) is 1. The maximum absolute atomic E-state index is 13.5. The van der Waals surface area contributed by atoms with Gasteiger partial charge in [-0.05, 0) is 44.4 Å². The van der Waals surface area contributed by atoms with Crippen molar-refractivity contribution in [1.82, 2.24) is 9.88 Å². The summed E-state index contributed by atoms with van der Waals surface area (Å²) in [6.45, 7) is 1.14. The molecule has 162 valence electrons. The molecule has 1 aliphatic rings. The van der Waals surface area contributed by atoms with Crippen LogP contribution in [0.4, 0.5) is 10.8 Å². The maximum atomic E-state index is 13.5. The van der Waals surface area contributed by atoms with Crippen LogP contribution in [0.1, 0.15) is 23.2 Å². The zero-order valence-electron chi connectivity index (χ0n) is 17.3. The molecule has 0 unspecified atom stereocenters. The summed E-state index contributed by atoms with van der Waals surface area (Å²) >= 11 is 1.47. The minimum Gasteiger partial charge on any atom is -0.308 e. The third-order valence-corrected chi connectivity index (χ3v) is 5.99. The van der Waals surface area contributed by atoms with Gasteiger partial charge in [-0.1, -0.05) is 29.5 Å². The lowest BCUT2D eigenvalue weighted by molar-refractivity contribution is -0.121. The van der Waals surface area contributed by atoms with Crippen molar-refractivity contribution in [3.63, 3.8) is 0 Å². The summed E-state index contributed by atoms with van der Waals surface area (Å²) in [4.78, 5) is 47.1. The minimum atomic E-state index is -0.236. The molecule has 2 aromatic carbocycles. The summed E-state index contributed by atoms with van der Waals surface area (Å²) in [5.41, 5.74) is 1.70. The first-order chi connectivity index (χ1) is 14.4. The Balaban J connectivity index is 0.00000272. The van der Waals surface area contributed by atoms with Gasteiger partial charge in [0, 0.05) is 31.5 Å². The normalized spacial score (nSPS) is 13.7. The van der Waals surface area contributed by atoms with E-state index in [9.17, 15) is 14.4 Å². The van der Waals surface area contributed by atoms with Crippen LogP contribution in [0, 0.1) is 0 Å². The van der Waals surface area contributed by atoms with E-state index in [0.29, 0.717) is 29.5 Å². The van der Waals surface area contributed by atoms with E-state index in [1.165, 1.54) is 16.2 Å². The highest BCUT2D eigenvalue weighted by Gasteiger charge is 2.31. The van der Waals surface area contributed by atoms with Gasteiger partial charge >= 0.3 is 0 Å². The van der Waals surface area contributed by atoms with E-state index >= 15 is 0 Å². The molecule has 2 heterocycles. The Morgan fingerprint density at radius 3 is 2.42 bits per heavy atom. The molecule has 0 radical (unpaired) electrons. The fraction of sp³-hybridized carbons (Fsp3) is 0.273. The number of thiazole rings is 1. The molecule has 1 aromatic heterocycles. The molecule has 3 amide bonds. The van der Waals surface area contributed by atoms with Crippen LogP contribution >= 0.6 is 23.7 Å². The number of imide groups is 1. The van der Waals surface area contributed by atoms with E-state index in [4.69, 9.17) is 0 Å². The highest BCUT2D eigenvalue weighted by molar-refractivity contribution is 7.22. The highest BCUT2D eigenvalue weighted by atomic mass is 35.5. The number of anilines is 2. The monoisotopic (exact) mass is 458 g/mol. The first-order valence-corrected chi connectivity index (χ1v) is 10.5. The number of hydrogen-bond donors (Lipinski definition) is 0. The van der Waals surface area contributed by atoms with E-state index in [2.05, 4.69) is 4.98 Å². The van der Waals surface area contributed by atoms with Crippen molar-refractivity contribution in [3.05, 3.63) is 54.1 Å². The fourth-order valence-electron chi connectivity index (χ4n) is 3.36. The number of benzene rings is 2. The van der Waals surface area contributed by atoms with Gasteiger partial charge in [-0.3, -0.25) is 24.2 Å². The topological polar surface area (TPSA) is 73.8 Å². The van der Waals surface area contributed by atoms with Crippen molar-refractivity contribution in [3.8, 4) is 0 Å². The van der Waals surface area contributed by atoms with Crippen LogP contribution in [0.5, 0.6) is 0 Å². The Hall–Kier alpha value is -2.81. The summed E-state index contributed by atoms with van der Waals surface area (Å²) in [5, 5.41) is 0.627.